The van der Waals surface area contributed by atoms with Crippen LogP contribution in [0, 0.1) is 5.82 Å². The summed E-state index contributed by atoms with van der Waals surface area (Å²) in [5.41, 5.74) is 5.63. The van der Waals surface area contributed by atoms with Crippen LogP contribution in [0.15, 0.2) is 18.2 Å². The Morgan fingerprint density at radius 2 is 1.84 bits per heavy atom. The number of nitrogens with two attached hydrogens (primary N) is 1. The highest BCUT2D eigenvalue weighted by molar-refractivity contribution is 6.62. The van der Waals surface area contributed by atoms with Gasteiger partial charge in [0.15, 0.2) is 0 Å². The van der Waals surface area contributed by atoms with Gasteiger partial charge < -0.3 is 19.9 Å². The predicted molar refractivity (Wildman–Crippen MR) is 97.9 cm³/mol. The average Bonchev–Trinajstić information content (AvgIpc) is 2.99. The zero-order valence-corrected chi connectivity index (χ0v) is 15.9. The third kappa shape index (κ3) is 3.84. The maximum atomic E-state index is 14.1. The minimum absolute atomic E-state index is 0. The molecule has 138 valence electrons. The van der Waals surface area contributed by atoms with Crippen LogP contribution in [0.3, 0.4) is 0 Å². The van der Waals surface area contributed by atoms with E-state index in [1.807, 2.05) is 27.7 Å². The molecule has 2 N–H and O–H groups in total. The summed E-state index contributed by atoms with van der Waals surface area (Å²) >= 11 is 0. The Morgan fingerprint density at radius 1 is 1.24 bits per heavy atom. The molecule has 0 bridgehead atoms. The molecular formula is C17H25BClFN2O3. The van der Waals surface area contributed by atoms with Crippen LogP contribution in [0.5, 0.6) is 0 Å². The minimum Gasteiger partial charge on any atom is -0.399 e. The summed E-state index contributed by atoms with van der Waals surface area (Å²) < 4.78 is 26.0. The third-order valence-electron chi connectivity index (χ3n) is 5.20. The van der Waals surface area contributed by atoms with Crippen LogP contribution >= 0.6 is 12.4 Å². The lowest BCUT2D eigenvalue weighted by Gasteiger charge is -2.32. The summed E-state index contributed by atoms with van der Waals surface area (Å²) in [6.45, 7) is 8.84. The van der Waals surface area contributed by atoms with Crippen molar-refractivity contribution in [3.05, 3.63) is 29.6 Å². The highest BCUT2D eigenvalue weighted by Gasteiger charge is 2.51. The summed E-state index contributed by atoms with van der Waals surface area (Å²) in [5.74, 6) is -0.686. The SMILES string of the molecule is CC1(C)OB(c2cc(F)cc(C(=O)N3CC[C@@H](N)C3)c2)OC1(C)C.Cl. The molecule has 2 saturated heterocycles. The number of amides is 1. The third-order valence-corrected chi connectivity index (χ3v) is 5.20. The molecule has 0 saturated carbocycles. The van der Waals surface area contributed by atoms with Gasteiger partial charge in [-0.1, -0.05) is 0 Å². The molecule has 2 fully saturated rings. The molecule has 1 aromatic carbocycles. The predicted octanol–water partition coefficient (Wildman–Crippen LogP) is 1.72. The van der Waals surface area contributed by atoms with Crippen LogP contribution in [-0.4, -0.2) is 48.3 Å². The van der Waals surface area contributed by atoms with Crippen molar-refractivity contribution in [1.29, 1.82) is 0 Å². The van der Waals surface area contributed by atoms with E-state index >= 15 is 0 Å². The Balaban J connectivity index is 0.00000225. The monoisotopic (exact) mass is 370 g/mol. The molecule has 2 aliphatic rings. The molecule has 2 heterocycles. The molecule has 3 rings (SSSR count). The van der Waals surface area contributed by atoms with E-state index in [0.29, 0.717) is 24.1 Å². The first-order valence-electron chi connectivity index (χ1n) is 8.30. The number of carbonyl (C=O) groups excluding carboxylic acids is 1. The molecule has 0 unspecified atom stereocenters. The fraction of sp³-hybridized carbons (Fsp3) is 0.588. The Labute approximate surface area is 154 Å². The largest absolute Gasteiger partial charge is 0.494 e. The zero-order valence-electron chi connectivity index (χ0n) is 15.0. The van der Waals surface area contributed by atoms with Gasteiger partial charge in [-0.05, 0) is 57.8 Å². The van der Waals surface area contributed by atoms with E-state index in [-0.39, 0.29) is 24.4 Å². The summed E-state index contributed by atoms with van der Waals surface area (Å²) in [4.78, 5) is 14.2. The molecule has 1 amide bonds. The van der Waals surface area contributed by atoms with Crippen molar-refractivity contribution in [3.8, 4) is 0 Å². The smallest absolute Gasteiger partial charge is 0.399 e. The van der Waals surface area contributed by atoms with Crippen molar-refractivity contribution >= 4 is 30.9 Å². The van der Waals surface area contributed by atoms with Gasteiger partial charge in [0.25, 0.3) is 5.91 Å². The molecule has 0 radical (unpaired) electrons. The van der Waals surface area contributed by atoms with Crippen LogP contribution in [0.4, 0.5) is 4.39 Å². The number of carbonyl (C=O) groups is 1. The van der Waals surface area contributed by atoms with Gasteiger partial charge in [0.1, 0.15) is 5.82 Å². The molecule has 2 aliphatic heterocycles. The fourth-order valence-electron chi connectivity index (χ4n) is 3.01. The Morgan fingerprint density at radius 3 is 2.36 bits per heavy atom. The normalized spacial score (nSPS) is 24.3. The van der Waals surface area contributed by atoms with E-state index in [9.17, 15) is 9.18 Å². The number of nitrogens with zero attached hydrogens (tertiary/aromatic N) is 1. The maximum Gasteiger partial charge on any atom is 0.494 e. The molecule has 5 nitrogen and oxygen atoms in total. The van der Waals surface area contributed by atoms with Gasteiger partial charge in [0, 0.05) is 24.7 Å². The molecule has 8 heteroatoms. The van der Waals surface area contributed by atoms with Gasteiger partial charge in [-0.25, -0.2) is 4.39 Å². The average molecular weight is 371 g/mol. The zero-order chi connectivity index (χ0) is 17.7. The second-order valence-electron chi connectivity index (χ2n) is 7.66. The fourth-order valence-corrected chi connectivity index (χ4v) is 3.01. The van der Waals surface area contributed by atoms with Crippen molar-refractivity contribution in [1.82, 2.24) is 4.90 Å². The molecule has 25 heavy (non-hydrogen) atoms. The first-order valence-corrected chi connectivity index (χ1v) is 8.30. The second-order valence-corrected chi connectivity index (χ2v) is 7.66. The molecule has 0 aliphatic carbocycles. The number of hydrogen-bond donors (Lipinski definition) is 1. The summed E-state index contributed by atoms with van der Waals surface area (Å²) in [5, 5.41) is 0. The van der Waals surface area contributed by atoms with Crippen molar-refractivity contribution < 1.29 is 18.5 Å². The summed E-state index contributed by atoms with van der Waals surface area (Å²) in [6, 6.07) is 4.25. The number of rotatable bonds is 2. The topological polar surface area (TPSA) is 64.8 Å². The van der Waals surface area contributed by atoms with E-state index in [0.717, 1.165) is 6.42 Å². The lowest BCUT2D eigenvalue weighted by molar-refractivity contribution is 0.00578. The van der Waals surface area contributed by atoms with E-state index in [2.05, 4.69) is 0 Å². The lowest BCUT2D eigenvalue weighted by atomic mass is 9.78. The van der Waals surface area contributed by atoms with Crippen molar-refractivity contribution in [2.24, 2.45) is 5.73 Å². The van der Waals surface area contributed by atoms with Gasteiger partial charge in [-0.2, -0.15) is 0 Å². The molecule has 1 atom stereocenters. The quantitative estimate of drug-likeness (QED) is 0.805. The molecule has 0 aromatic heterocycles. The Hall–Kier alpha value is -1.15. The Bertz CT molecular complexity index is 655. The highest BCUT2D eigenvalue weighted by atomic mass is 35.5. The van der Waals surface area contributed by atoms with Crippen molar-refractivity contribution in [2.75, 3.05) is 13.1 Å². The van der Waals surface area contributed by atoms with E-state index in [4.69, 9.17) is 15.0 Å². The van der Waals surface area contributed by atoms with Crippen LogP contribution in [0.2, 0.25) is 0 Å². The van der Waals surface area contributed by atoms with Crippen molar-refractivity contribution in [2.45, 2.75) is 51.4 Å². The van der Waals surface area contributed by atoms with Crippen LogP contribution in [0.1, 0.15) is 44.5 Å². The Kier molecular flexibility index (Phi) is 5.54. The number of hydrogen-bond acceptors (Lipinski definition) is 4. The van der Waals surface area contributed by atoms with Crippen molar-refractivity contribution in [3.63, 3.8) is 0 Å². The second kappa shape index (κ2) is 6.87. The number of benzene rings is 1. The number of likely N-dealkylation sites (tertiary alicyclic amines) is 1. The first-order chi connectivity index (χ1) is 11.1. The molecule has 0 spiro atoms. The maximum absolute atomic E-state index is 14.1. The van der Waals surface area contributed by atoms with Gasteiger partial charge in [0.05, 0.1) is 11.2 Å². The van der Waals surface area contributed by atoms with Gasteiger partial charge in [-0.15, -0.1) is 12.4 Å². The summed E-state index contributed by atoms with van der Waals surface area (Å²) in [7, 11) is -0.696. The van der Waals surface area contributed by atoms with E-state index < -0.39 is 24.1 Å². The highest BCUT2D eigenvalue weighted by Crippen LogP contribution is 2.36. The van der Waals surface area contributed by atoms with Gasteiger partial charge in [0.2, 0.25) is 0 Å². The number of halogens is 2. The van der Waals surface area contributed by atoms with E-state index in [1.165, 1.54) is 12.1 Å². The van der Waals surface area contributed by atoms with E-state index in [1.54, 1.807) is 11.0 Å². The van der Waals surface area contributed by atoms with Crippen LogP contribution in [-0.2, 0) is 9.31 Å². The first kappa shape index (κ1) is 20.2. The van der Waals surface area contributed by atoms with Gasteiger partial charge >= 0.3 is 7.12 Å². The van der Waals surface area contributed by atoms with Gasteiger partial charge in [-0.3, -0.25) is 4.79 Å². The molecular weight excluding hydrogens is 345 g/mol. The molecule has 1 aromatic rings. The van der Waals surface area contributed by atoms with Crippen LogP contribution < -0.4 is 11.2 Å². The minimum atomic E-state index is -0.696. The standard InChI is InChI=1S/C17H24BFN2O3.ClH/c1-16(2)17(3,4)24-18(23-16)12-7-11(8-13(19)9-12)15(22)21-6-5-14(20)10-21;/h7-9,14H,5-6,10,20H2,1-4H3;1H/t14-;/m1./s1. The summed E-state index contributed by atoms with van der Waals surface area (Å²) in [6.07, 6.45) is 0.769. The van der Waals surface area contributed by atoms with Crippen LogP contribution in [0.25, 0.3) is 0 Å². The lowest BCUT2D eigenvalue weighted by Crippen LogP contribution is -2.41.